The molecule has 0 aromatic heterocycles. The van der Waals surface area contributed by atoms with Gasteiger partial charge in [0.1, 0.15) is 6.10 Å². The molecule has 0 aromatic carbocycles. The number of rotatable bonds is 5. The molecule has 1 heterocycles. The molecule has 0 radical (unpaired) electrons. The molecule has 12 heavy (non-hydrogen) atoms. The molecule has 0 saturated carbocycles. The fourth-order valence-electron chi connectivity index (χ4n) is 0.625. The second-order valence-electron chi connectivity index (χ2n) is 2.79. The normalized spacial score (nSPS) is 19.3. The van der Waals surface area contributed by atoms with Crippen molar-refractivity contribution >= 4 is 0 Å². The first kappa shape index (κ1) is 11.7. The van der Waals surface area contributed by atoms with Gasteiger partial charge < -0.3 is 9.47 Å². The van der Waals surface area contributed by atoms with Gasteiger partial charge in [0.05, 0.1) is 13.2 Å². The predicted molar refractivity (Wildman–Crippen MR) is 51.3 cm³/mol. The van der Waals surface area contributed by atoms with E-state index in [9.17, 15) is 0 Å². The predicted octanol–water partition coefficient (Wildman–Crippen LogP) is 2.39. The Bertz CT molecular complexity index is 98.0. The van der Waals surface area contributed by atoms with Crippen molar-refractivity contribution in [1.82, 2.24) is 0 Å². The molecule has 0 N–H and O–H groups in total. The zero-order chi connectivity index (χ0) is 9.23. The van der Waals surface area contributed by atoms with Crippen molar-refractivity contribution in [3.8, 4) is 0 Å². The third kappa shape index (κ3) is 9.66. The third-order valence-corrected chi connectivity index (χ3v) is 1.35. The third-order valence-electron chi connectivity index (χ3n) is 1.35. The molecule has 0 spiro atoms. The lowest BCUT2D eigenvalue weighted by Gasteiger charge is -1.97. The number of hydrogen-bond acceptors (Lipinski definition) is 2. The van der Waals surface area contributed by atoms with Gasteiger partial charge in [-0.2, -0.15) is 0 Å². The highest BCUT2D eigenvalue weighted by atomic mass is 16.6. The maximum Gasteiger partial charge on any atom is 0.104 e. The molecule has 0 aromatic rings. The summed E-state index contributed by atoms with van der Waals surface area (Å²) in [6.07, 6.45) is 4.57. The zero-order valence-electron chi connectivity index (χ0n) is 8.21. The second-order valence-corrected chi connectivity index (χ2v) is 2.79. The van der Waals surface area contributed by atoms with Gasteiger partial charge in [0.25, 0.3) is 0 Å². The lowest BCUT2D eigenvalue weighted by molar-refractivity contribution is 0.114. The zero-order valence-corrected chi connectivity index (χ0v) is 8.21. The maximum atomic E-state index is 5.27. The van der Waals surface area contributed by atoms with Crippen molar-refractivity contribution in [2.24, 2.45) is 0 Å². The van der Waals surface area contributed by atoms with Crippen molar-refractivity contribution in [3.63, 3.8) is 0 Å². The van der Waals surface area contributed by atoms with Crippen molar-refractivity contribution in [1.29, 1.82) is 0 Å². The van der Waals surface area contributed by atoms with Crippen molar-refractivity contribution < 1.29 is 9.47 Å². The summed E-state index contributed by atoms with van der Waals surface area (Å²) >= 11 is 0. The van der Waals surface area contributed by atoms with E-state index >= 15 is 0 Å². The first-order valence-electron chi connectivity index (χ1n) is 4.61. The molecule has 72 valence electrons. The monoisotopic (exact) mass is 172 g/mol. The number of ether oxygens (including phenoxy) is 2. The lowest BCUT2D eigenvalue weighted by atomic mass is 10.4. The summed E-state index contributed by atoms with van der Waals surface area (Å²) < 4.78 is 10.2. The Labute approximate surface area is 75.6 Å². The van der Waals surface area contributed by atoms with Crippen LogP contribution < -0.4 is 0 Å². The quantitative estimate of drug-likeness (QED) is 0.361. The summed E-state index contributed by atoms with van der Waals surface area (Å²) in [6.45, 7) is 10.0. The minimum atomic E-state index is 0.432. The van der Waals surface area contributed by atoms with Crippen LogP contribution in [-0.4, -0.2) is 25.9 Å². The van der Waals surface area contributed by atoms with Crippen LogP contribution >= 0.6 is 0 Å². The van der Waals surface area contributed by atoms with Gasteiger partial charge in [0.2, 0.25) is 0 Å². The summed E-state index contributed by atoms with van der Waals surface area (Å²) in [6, 6.07) is 0. The molecule has 1 saturated heterocycles. The Morgan fingerprint density at radius 1 is 1.67 bits per heavy atom. The fourth-order valence-corrected chi connectivity index (χ4v) is 0.625. The van der Waals surface area contributed by atoms with Crippen molar-refractivity contribution in [2.75, 3.05) is 19.8 Å². The Morgan fingerprint density at radius 3 is 2.67 bits per heavy atom. The summed E-state index contributed by atoms with van der Waals surface area (Å²) in [7, 11) is 0. The molecule has 1 atom stereocenters. The Morgan fingerprint density at radius 2 is 2.25 bits per heavy atom. The van der Waals surface area contributed by atoms with Crippen LogP contribution in [0.4, 0.5) is 0 Å². The van der Waals surface area contributed by atoms with E-state index in [4.69, 9.17) is 9.47 Å². The SMILES string of the molecule is C=CC.CCCCOCC1CO1. The standard InChI is InChI=1S/C7H14O2.C3H6/c1-2-3-4-8-5-7-6-9-7;1-3-2/h7H,2-6H2,1H3;3H,1H2,2H3. The number of hydrogen-bond donors (Lipinski definition) is 0. The minimum absolute atomic E-state index is 0.432. The molecule has 2 nitrogen and oxygen atoms in total. The fraction of sp³-hybridized carbons (Fsp3) is 0.800. The number of allylic oxidation sites excluding steroid dienone is 1. The molecule has 1 unspecified atom stereocenters. The van der Waals surface area contributed by atoms with Crippen LogP contribution in [-0.2, 0) is 9.47 Å². The van der Waals surface area contributed by atoms with Gasteiger partial charge in [-0.3, -0.25) is 0 Å². The molecule has 1 aliphatic rings. The largest absolute Gasteiger partial charge is 0.379 e. The van der Waals surface area contributed by atoms with Gasteiger partial charge in [0.15, 0.2) is 0 Å². The Balaban J connectivity index is 0.000000354. The smallest absolute Gasteiger partial charge is 0.104 e. The number of epoxide rings is 1. The van der Waals surface area contributed by atoms with Crippen molar-refractivity contribution in [2.45, 2.75) is 32.8 Å². The topological polar surface area (TPSA) is 21.8 Å². The van der Waals surface area contributed by atoms with E-state index in [1.807, 2.05) is 6.92 Å². The molecule has 1 rings (SSSR count). The van der Waals surface area contributed by atoms with Crippen LogP contribution in [0.1, 0.15) is 26.7 Å². The Hall–Kier alpha value is -0.340. The molecule has 0 bridgehead atoms. The van der Waals surface area contributed by atoms with E-state index < -0.39 is 0 Å². The minimum Gasteiger partial charge on any atom is -0.379 e. The molecular formula is C10H20O2. The first-order chi connectivity index (χ1) is 5.85. The highest BCUT2D eigenvalue weighted by Gasteiger charge is 2.21. The molecule has 1 aliphatic heterocycles. The summed E-state index contributed by atoms with van der Waals surface area (Å²) in [5.74, 6) is 0. The van der Waals surface area contributed by atoms with Crippen LogP contribution in [0.25, 0.3) is 0 Å². The lowest BCUT2D eigenvalue weighted by Crippen LogP contribution is -2.01. The highest BCUT2D eigenvalue weighted by Crippen LogP contribution is 2.08. The Kier molecular flexibility index (Phi) is 8.51. The maximum absolute atomic E-state index is 5.27. The summed E-state index contributed by atoms with van der Waals surface area (Å²) in [4.78, 5) is 0. The summed E-state index contributed by atoms with van der Waals surface area (Å²) in [5, 5.41) is 0. The van der Waals surface area contributed by atoms with Gasteiger partial charge in [-0.25, -0.2) is 0 Å². The van der Waals surface area contributed by atoms with E-state index in [0.717, 1.165) is 19.8 Å². The number of unbranched alkanes of at least 4 members (excludes halogenated alkanes) is 1. The van der Waals surface area contributed by atoms with E-state index in [1.165, 1.54) is 12.8 Å². The van der Waals surface area contributed by atoms with Crippen LogP contribution in [0.15, 0.2) is 12.7 Å². The van der Waals surface area contributed by atoms with Gasteiger partial charge in [0, 0.05) is 6.61 Å². The second kappa shape index (κ2) is 8.75. The molecule has 1 fully saturated rings. The molecule has 0 aliphatic carbocycles. The van der Waals surface area contributed by atoms with E-state index in [0.29, 0.717) is 6.10 Å². The highest BCUT2D eigenvalue weighted by molar-refractivity contribution is 4.66. The molecule has 0 amide bonds. The van der Waals surface area contributed by atoms with Gasteiger partial charge in [-0.15, -0.1) is 6.58 Å². The van der Waals surface area contributed by atoms with Gasteiger partial charge in [-0.1, -0.05) is 19.4 Å². The van der Waals surface area contributed by atoms with Gasteiger partial charge >= 0.3 is 0 Å². The van der Waals surface area contributed by atoms with Crippen molar-refractivity contribution in [3.05, 3.63) is 12.7 Å². The average Bonchev–Trinajstić information content (AvgIpc) is 2.83. The van der Waals surface area contributed by atoms with E-state index in [-0.39, 0.29) is 0 Å². The van der Waals surface area contributed by atoms with Crippen LogP contribution in [0.2, 0.25) is 0 Å². The van der Waals surface area contributed by atoms with Crippen LogP contribution in [0.5, 0.6) is 0 Å². The first-order valence-corrected chi connectivity index (χ1v) is 4.61. The molecule has 2 heteroatoms. The summed E-state index contributed by atoms with van der Waals surface area (Å²) in [5.41, 5.74) is 0. The van der Waals surface area contributed by atoms with E-state index in [1.54, 1.807) is 6.08 Å². The van der Waals surface area contributed by atoms with E-state index in [2.05, 4.69) is 13.5 Å². The average molecular weight is 172 g/mol. The van der Waals surface area contributed by atoms with Crippen LogP contribution in [0.3, 0.4) is 0 Å². The van der Waals surface area contributed by atoms with Gasteiger partial charge in [-0.05, 0) is 13.3 Å². The molecular weight excluding hydrogens is 152 g/mol. The van der Waals surface area contributed by atoms with Crippen LogP contribution in [0, 0.1) is 0 Å².